The summed E-state index contributed by atoms with van der Waals surface area (Å²) in [5.41, 5.74) is 4.39. The van der Waals surface area contributed by atoms with Crippen molar-refractivity contribution in [2.45, 2.75) is 53.0 Å². The second-order valence-electron chi connectivity index (χ2n) is 9.77. The molecule has 162 valence electrons. The van der Waals surface area contributed by atoms with E-state index in [0.717, 1.165) is 36.1 Å². The minimum atomic E-state index is -0.0267. The number of hydrogen-bond acceptors (Lipinski definition) is 4. The molecule has 0 amide bonds. The van der Waals surface area contributed by atoms with Crippen LogP contribution in [0.5, 0.6) is 0 Å². The van der Waals surface area contributed by atoms with Gasteiger partial charge in [0.25, 0.3) is 0 Å². The number of carbonyl (C=O) groups excluding carboxylic acids is 1. The van der Waals surface area contributed by atoms with Crippen molar-refractivity contribution in [2.75, 3.05) is 0 Å². The molecule has 6 heteroatoms. The first-order valence-electron chi connectivity index (χ1n) is 10.9. The van der Waals surface area contributed by atoms with E-state index < -0.39 is 0 Å². The Morgan fingerprint density at radius 1 is 1.23 bits per heavy atom. The number of imidazole rings is 1. The number of carbonyl (C=O) groups is 1. The standard InChI is InChI=1S/C25H30N4O2/c1-25(2,3)16-29-21-12-11-20(27-23(21)28(4)24(29)31)18-9-7-17(8-10-18)14-22(30)19-6-5-13-26-15-19/h5-6,9,11-13,15,17H,7-8,10,14,16H2,1-4H3. The Bertz CT molecular complexity index is 1200. The van der Waals surface area contributed by atoms with Gasteiger partial charge in [-0.2, -0.15) is 0 Å². The van der Waals surface area contributed by atoms with Crippen LogP contribution < -0.4 is 5.69 Å². The van der Waals surface area contributed by atoms with E-state index in [4.69, 9.17) is 4.98 Å². The zero-order valence-electron chi connectivity index (χ0n) is 18.8. The molecule has 3 aromatic rings. The van der Waals surface area contributed by atoms with Crippen molar-refractivity contribution in [3.05, 3.63) is 64.5 Å². The summed E-state index contributed by atoms with van der Waals surface area (Å²) < 4.78 is 3.46. The van der Waals surface area contributed by atoms with Gasteiger partial charge >= 0.3 is 5.69 Å². The van der Waals surface area contributed by atoms with Crippen LogP contribution in [-0.4, -0.2) is 24.9 Å². The van der Waals surface area contributed by atoms with Gasteiger partial charge < -0.3 is 0 Å². The van der Waals surface area contributed by atoms with Gasteiger partial charge in [0.1, 0.15) is 0 Å². The predicted octanol–water partition coefficient (Wildman–Crippen LogP) is 4.63. The molecule has 0 aliphatic heterocycles. The van der Waals surface area contributed by atoms with Crippen LogP contribution in [0.25, 0.3) is 16.7 Å². The van der Waals surface area contributed by atoms with Crippen molar-refractivity contribution in [1.82, 2.24) is 19.1 Å². The van der Waals surface area contributed by atoms with Crippen LogP contribution in [0.1, 0.15) is 62.5 Å². The lowest BCUT2D eigenvalue weighted by Crippen LogP contribution is -2.27. The molecule has 0 aromatic carbocycles. The lowest BCUT2D eigenvalue weighted by Gasteiger charge is -2.21. The highest BCUT2D eigenvalue weighted by atomic mass is 16.1. The van der Waals surface area contributed by atoms with E-state index in [-0.39, 0.29) is 16.9 Å². The van der Waals surface area contributed by atoms with E-state index in [9.17, 15) is 9.59 Å². The van der Waals surface area contributed by atoms with E-state index in [1.54, 1.807) is 30.1 Å². The monoisotopic (exact) mass is 418 g/mol. The number of allylic oxidation sites excluding steroid dienone is 2. The van der Waals surface area contributed by atoms with E-state index in [1.165, 1.54) is 5.57 Å². The number of fused-ring (bicyclic) bond motifs is 1. The third kappa shape index (κ3) is 4.53. The largest absolute Gasteiger partial charge is 0.330 e. The second-order valence-corrected chi connectivity index (χ2v) is 9.77. The number of ketones is 1. The molecule has 0 saturated carbocycles. The molecule has 6 nitrogen and oxygen atoms in total. The summed E-state index contributed by atoms with van der Waals surface area (Å²) in [4.78, 5) is 34.1. The first-order chi connectivity index (χ1) is 14.7. The lowest BCUT2D eigenvalue weighted by molar-refractivity contribution is 0.0958. The van der Waals surface area contributed by atoms with Gasteiger partial charge in [0.2, 0.25) is 0 Å². The van der Waals surface area contributed by atoms with E-state index >= 15 is 0 Å². The van der Waals surface area contributed by atoms with Crippen LogP contribution in [0.3, 0.4) is 0 Å². The first kappa shape index (κ1) is 21.2. The number of aromatic nitrogens is 4. The zero-order chi connectivity index (χ0) is 22.2. The molecule has 1 atom stereocenters. The van der Waals surface area contributed by atoms with Crippen molar-refractivity contribution in [3.63, 3.8) is 0 Å². The van der Waals surface area contributed by atoms with Gasteiger partial charge in [0.05, 0.1) is 11.2 Å². The fraction of sp³-hybridized carbons (Fsp3) is 0.440. The van der Waals surface area contributed by atoms with Gasteiger partial charge in [0.15, 0.2) is 11.4 Å². The van der Waals surface area contributed by atoms with Gasteiger partial charge in [-0.3, -0.25) is 18.9 Å². The topological polar surface area (TPSA) is 69.8 Å². The highest BCUT2D eigenvalue weighted by Gasteiger charge is 2.22. The second kappa shape index (κ2) is 8.25. The highest BCUT2D eigenvalue weighted by molar-refractivity contribution is 5.95. The third-order valence-corrected chi connectivity index (χ3v) is 5.92. The zero-order valence-corrected chi connectivity index (χ0v) is 18.8. The van der Waals surface area contributed by atoms with Gasteiger partial charge in [-0.15, -0.1) is 0 Å². The number of Topliss-reactive ketones (excluding diaryl/α,β-unsaturated/α-hetero) is 1. The fourth-order valence-electron chi connectivity index (χ4n) is 4.29. The molecule has 0 radical (unpaired) electrons. The van der Waals surface area contributed by atoms with Crippen LogP contribution in [0.4, 0.5) is 0 Å². The molecule has 1 aliphatic carbocycles. The normalized spacial score (nSPS) is 17.0. The summed E-state index contributed by atoms with van der Waals surface area (Å²) in [6.45, 7) is 7.03. The summed E-state index contributed by atoms with van der Waals surface area (Å²) in [5.74, 6) is 0.502. The average molecular weight is 419 g/mol. The minimum absolute atomic E-state index is 0.00490. The van der Waals surface area contributed by atoms with Crippen molar-refractivity contribution >= 4 is 22.5 Å². The Morgan fingerprint density at radius 2 is 2.03 bits per heavy atom. The Hall–Kier alpha value is -3.02. The SMILES string of the molecule is Cn1c(=O)n(CC(C)(C)C)c2ccc(C3=CCC(CC(=O)c4cccnc4)CC3)nc21. The Morgan fingerprint density at radius 3 is 2.68 bits per heavy atom. The number of pyridine rings is 2. The van der Waals surface area contributed by atoms with Crippen LogP contribution in [0.2, 0.25) is 0 Å². The summed E-state index contributed by atoms with van der Waals surface area (Å²) >= 11 is 0. The van der Waals surface area contributed by atoms with E-state index in [0.29, 0.717) is 24.4 Å². The summed E-state index contributed by atoms with van der Waals surface area (Å²) in [6.07, 6.45) is 8.80. The maximum absolute atomic E-state index is 12.8. The van der Waals surface area contributed by atoms with Gasteiger partial charge in [0, 0.05) is 38.0 Å². The Kier molecular flexibility index (Phi) is 5.65. The van der Waals surface area contributed by atoms with E-state index in [1.807, 2.05) is 22.8 Å². The summed E-state index contributed by atoms with van der Waals surface area (Å²) in [7, 11) is 1.79. The van der Waals surface area contributed by atoms with Crippen molar-refractivity contribution < 1.29 is 4.79 Å². The number of aryl methyl sites for hydroxylation is 1. The quantitative estimate of drug-likeness (QED) is 0.566. The van der Waals surface area contributed by atoms with Crippen LogP contribution in [0.15, 0.2) is 47.5 Å². The predicted molar refractivity (Wildman–Crippen MR) is 123 cm³/mol. The third-order valence-electron chi connectivity index (χ3n) is 5.92. The molecular formula is C25H30N4O2. The molecule has 0 saturated heterocycles. The molecule has 0 bridgehead atoms. The molecule has 31 heavy (non-hydrogen) atoms. The molecule has 3 heterocycles. The molecule has 0 spiro atoms. The number of nitrogens with zero attached hydrogens (tertiary/aromatic N) is 4. The van der Waals surface area contributed by atoms with Crippen molar-refractivity contribution in [1.29, 1.82) is 0 Å². The minimum Gasteiger partial charge on any atom is -0.294 e. The van der Waals surface area contributed by atoms with Crippen LogP contribution >= 0.6 is 0 Å². The molecule has 0 N–H and O–H groups in total. The fourth-order valence-corrected chi connectivity index (χ4v) is 4.29. The average Bonchev–Trinajstić information content (AvgIpc) is 2.98. The first-order valence-corrected chi connectivity index (χ1v) is 10.9. The maximum atomic E-state index is 12.8. The molecule has 4 rings (SSSR count). The van der Waals surface area contributed by atoms with Gasteiger partial charge in [-0.05, 0) is 60.4 Å². The van der Waals surface area contributed by atoms with Crippen LogP contribution in [-0.2, 0) is 13.6 Å². The van der Waals surface area contributed by atoms with Gasteiger partial charge in [-0.1, -0.05) is 26.8 Å². The summed E-state index contributed by atoms with van der Waals surface area (Å²) in [6, 6.07) is 7.67. The number of rotatable bonds is 5. The van der Waals surface area contributed by atoms with Crippen molar-refractivity contribution in [3.8, 4) is 0 Å². The Balaban J connectivity index is 1.53. The lowest BCUT2D eigenvalue weighted by atomic mass is 9.84. The smallest absolute Gasteiger partial charge is 0.294 e. The molecule has 1 unspecified atom stereocenters. The molecule has 1 aliphatic rings. The molecule has 0 fully saturated rings. The number of hydrogen-bond donors (Lipinski definition) is 0. The molecular weight excluding hydrogens is 388 g/mol. The Labute approximate surface area is 182 Å². The van der Waals surface area contributed by atoms with Crippen LogP contribution in [0, 0.1) is 11.3 Å². The highest BCUT2D eigenvalue weighted by Crippen LogP contribution is 2.32. The van der Waals surface area contributed by atoms with E-state index in [2.05, 4.69) is 31.8 Å². The van der Waals surface area contributed by atoms with Crippen molar-refractivity contribution in [2.24, 2.45) is 18.4 Å². The summed E-state index contributed by atoms with van der Waals surface area (Å²) in [5, 5.41) is 0. The maximum Gasteiger partial charge on any atom is 0.330 e. The van der Waals surface area contributed by atoms with Gasteiger partial charge in [-0.25, -0.2) is 9.78 Å². The molecule has 3 aromatic heterocycles.